The minimum absolute atomic E-state index is 0.0385. The molecule has 3 aromatic carbocycles. The maximum Gasteiger partial charge on any atom is 0.239 e. The van der Waals surface area contributed by atoms with Crippen LogP contribution in [0.25, 0.3) is 0 Å². The molecule has 2 saturated heterocycles. The second-order valence-corrected chi connectivity index (χ2v) is 11.7. The van der Waals surface area contributed by atoms with Crippen molar-refractivity contribution in [2.75, 3.05) is 18.5 Å². The van der Waals surface area contributed by atoms with Crippen LogP contribution >= 0.6 is 34.8 Å². The molecule has 1 spiro atoms. The molecular formula is C30H27Cl3N2O4. The Morgan fingerprint density at radius 2 is 1.74 bits per heavy atom. The predicted molar refractivity (Wildman–Crippen MR) is 152 cm³/mol. The van der Waals surface area contributed by atoms with Crippen molar-refractivity contribution in [3.63, 3.8) is 0 Å². The number of alkyl halides is 1. The van der Waals surface area contributed by atoms with Crippen LogP contribution in [0, 0.1) is 6.92 Å². The van der Waals surface area contributed by atoms with Crippen LogP contribution in [0.5, 0.6) is 5.75 Å². The van der Waals surface area contributed by atoms with Gasteiger partial charge in [0, 0.05) is 40.1 Å². The fourth-order valence-corrected chi connectivity index (χ4v) is 7.03. The number of carbonyl (C=O) groups excluding carboxylic acids is 2. The van der Waals surface area contributed by atoms with Crippen molar-refractivity contribution in [2.45, 2.75) is 48.6 Å². The molecule has 2 fully saturated rings. The summed E-state index contributed by atoms with van der Waals surface area (Å²) >= 11 is 19.7. The summed E-state index contributed by atoms with van der Waals surface area (Å²) in [5, 5.41) is 6.09. The SMILES string of the molecule is Cc1ccc(OC2CCOCC2)c(C2NC(=O)C(Cl)C(c3cccc(Cl)c3)C23C(=O)Nc2cc(Cl)ccc23)c1. The van der Waals surface area contributed by atoms with Crippen LogP contribution in [0.4, 0.5) is 5.69 Å². The van der Waals surface area contributed by atoms with E-state index in [1.807, 2.05) is 37.3 Å². The zero-order valence-electron chi connectivity index (χ0n) is 21.2. The Kier molecular flexibility index (Phi) is 7.00. The molecule has 0 saturated carbocycles. The first-order valence-electron chi connectivity index (χ1n) is 13.0. The fourth-order valence-electron chi connectivity index (χ4n) is 6.25. The van der Waals surface area contributed by atoms with Gasteiger partial charge in [-0.25, -0.2) is 0 Å². The maximum absolute atomic E-state index is 14.4. The molecule has 6 nitrogen and oxygen atoms in total. The Bertz CT molecular complexity index is 1460. The number of benzene rings is 3. The molecule has 2 amide bonds. The number of hydrogen-bond acceptors (Lipinski definition) is 4. The van der Waals surface area contributed by atoms with Gasteiger partial charge in [-0.05, 0) is 48.4 Å². The minimum Gasteiger partial charge on any atom is -0.490 e. The third kappa shape index (κ3) is 4.48. The van der Waals surface area contributed by atoms with Crippen molar-refractivity contribution in [3.05, 3.63) is 93.0 Å². The summed E-state index contributed by atoms with van der Waals surface area (Å²) in [4.78, 5) is 27.9. The van der Waals surface area contributed by atoms with E-state index in [1.165, 1.54) is 0 Å². The van der Waals surface area contributed by atoms with Gasteiger partial charge >= 0.3 is 0 Å². The van der Waals surface area contributed by atoms with Gasteiger partial charge in [0.2, 0.25) is 11.8 Å². The quantitative estimate of drug-likeness (QED) is 0.352. The van der Waals surface area contributed by atoms with Crippen LogP contribution in [-0.2, 0) is 19.7 Å². The summed E-state index contributed by atoms with van der Waals surface area (Å²) < 4.78 is 12.0. The second-order valence-electron chi connectivity index (χ2n) is 10.4. The summed E-state index contributed by atoms with van der Waals surface area (Å²) in [5.41, 5.74) is 2.35. The Morgan fingerprint density at radius 1 is 0.974 bits per heavy atom. The van der Waals surface area contributed by atoms with E-state index in [1.54, 1.807) is 30.3 Å². The molecule has 2 N–H and O–H groups in total. The lowest BCUT2D eigenvalue weighted by Gasteiger charge is -2.48. The summed E-state index contributed by atoms with van der Waals surface area (Å²) in [7, 11) is 0. The van der Waals surface area contributed by atoms with E-state index >= 15 is 0 Å². The fraction of sp³-hybridized carbons (Fsp3) is 0.333. The van der Waals surface area contributed by atoms with Crippen LogP contribution < -0.4 is 15.4 Å². The Morgan fingerprint density at radius 3 is 2.51 bits per heavy atom. The molecule has 0 bridgehead atoms. The molecule has 3 aromatic rings. The first kappa shape index (κ1) is 26.5. The molecule has 0 aliphatic carbocycles. The van der Waals surface area contributed by atoms with E-state index in [0.717, 1.165) is 18.4 Å². The zero-order chi connectivity index (χ0) is 27.3. The van der Waals surface area contributed by atoms with Gasteiger partial charge in [0.1, 0.15) is 22.6 Å². The first-order chi connectivity index (χ1) is 18.8. The molecule has 0 aromatic heterocycles. The monoisotopic (exact) mass is 584 g/mol. The van der Waals surface area contributed by atoms with Crippen LogP contribution in [0.1, 0.15) is 47.1 Å². The summed E-state index contributed by atoms with van der Waals surface area (Å²) in [6, 6.07) is 17.6. The van der Waals surface area contributed by atoms with E-state index in [2.05, 4.69) is 10.6 Å². The number of halogens is 3. The smallest absolute Gasteiger partial charge is 0.239 e. The number of aryl methyl sites for hydroxylation is 1. The number of ether oxygens (including phenoxy) is 2. The molecule has 202 valence electrons. The molecule has 0 radical (unpaired) electrons. The largest absolute Gasteiger partial charge is 0.490 e. The number of piperidine rings is 1. The lowest BCUT2D eigenvalue weighted by molar-refractivity contribution is -0.131. The van der Waals surface area contributed by atoms with Crippen LogP contribution in [0.15, 0.2) is 60.7 Å². The Labute approximate surface area is 241 Å². The molecule has 4 unspecified atom stereocenters. The number of fused-ring (bicyclic) bond motifs is 2. The standard InChI is InChI=1S/C30H27Cl3N2O4/c1-16-5-8-24(39-20-9-11-38-12-10-20)21(13-16)27-30(22-7-6-19(32)15-23(22)34-29(30)37)25(26(33)28(36)35-27)17-3-2-4-18(31)14-17/h2-8,13-15,20,25-27H,9-12H2,1H3,(H,34,37)(H,35,36). The van der Waals surface area contributed by atoms with E-state index in [4.69, 9.17) is 44.3 Å². The number of rotatable bonds is 4. The van der Waals surface area contributed by atoms with Crippen molar-refractivity contribution in [1.82, 2.24) is 5.32 Å². The first-order valence-corrected chi connectivity index (χ1v) is 14.1. The maximum atomic E-state index is 14.4. The van der Waals surface area contributed by atoms with E-state index in [-0.39, 0.29) is 17.9 Å². The highest BCUT2D eigenvalue weighted by molar-refractivity contribution is 6.33. The molecule has 3 heterocycles. The van der Waals surface area contributed by atoms with Gasteiger partial charge in [-0.15, -0.1) is 11.6 Å². The average molecular weight is 586 g/mol. The van der Waals surface area contributed by atoms with Gasteiger partial charge in [0.25, 0.3) is 0 Å². The molecule has 3 aliphatic heterocycles. The Balaban J connectivity index is 1.60. The lowest BCUT2D eigenvalue weighted by Crippen LogP contribution is -2.61. The molecule has 9 heteroatoms. The van der Waals surface area contributed by atoms with Crippen LogP contribution in [0.2, 0.25) is 10.0 Å². The topological polar surface area (TPSA) is 76.7 Å². The lowest BCUT2D eigenvalue weighted by atomic mass is 9.59. The second kappa shape index (κ2) is 10.3. The van der Waals surface area contributed by atoms with E-state index in [0.29, 0.717) is 51.4 Å². The van der Waals surface area contributed by atoms with Crippen molar-refractivity contribution in [1.29, 1.82) is 0 Å². The van der Waals surface area contributed by atoms with Gasteiger partial charge in [0.15, 0.2) is 0 Å². The van der Waals surface area contributed by atoms with Gasteiger partial charge < -0.3 is 20.1 Å². The summed E-state index contributed by atoms with van der Waals surface area (Å²) in [6.45, 7) is 3.22. The van der Waals surface area contributed by atoms with Gasteiger partial charge in [0.05, 0.1) is 19.3 Å². The number of amides is 2. The van der Waals surface area contributed by atoms with E-state index in [9.17, 15) is 9.59 Å². The van der Waals surface area contributed by atoms with Crippen molar-refractivity contribution < 1.29 is 19.1 Å². The average Bonchev–Trinajstić information content (AvgIpc) is 3.19. The number of carbonyl (C=O) groups is 2. The highest BCUT2D eigenvalue weighted by Gasteiger charge is 2.64. The normalized spacial score (nSPS) is 26.7. The number of hydrogen-bond donors (Lipinski definition) is 2. The van der Waals surface area contributed by atoms with Gasteiger partial charge in [-0.3, -0.25) is 9.59 Å². The Hall–Kier alpha value is -2.77. The molecular weight excluding hydrogens is 559 g/mol. The van der Waals surface area contributed by atoms with Crippen LogP contribution in [-0.4, -0.2) is 36.5 Å². The van der Waals surface area contributed by atoms with Crippen molar-refractivity contribution >= 4 is 52.3 Å². The molecule has 6 rings (SSSR count). The summed E-state index contributed by atoms with van der Waals surface area (Å²) in [5.74, 6) is -0.773. The third-order valence-electron chi connectivity index (χ3n) is 7.97. The van der Waals surface area contributed by atoms with Gasteiger partial charge in [-0.2, -0.15) is 0 Å². The molecule has 3 aliphatic rings. The van der Waals surface area contributed by atoms with Crippen LogP contribution in [0.3, 0.4) is 0 Å². The zero-order valence-corrected chi connectivity index (χ0v) is 23.4. The van der Waals surface area contributed by atoms with Crippen molar-refractivity contribution in [2.24, 2.45) is 0 Å². The molecule has 39 heavy (non-hydrogen) atoms. The van der Waals surface area contributed by atoms with E-state index < -0.39 is 22.8 Å². The molecule has 4 atom stereocenters. The number of anilines is 1. The summed E-state index contributed by atoms with van der Waals surface area (Å²) in [6.07, 6.45) is 1.47. The predicted octanol–water partition coefficient (Wildman–Crippen LogP) is 6.31. The highest BCUT2D eigenvalue weighted by Crippen LogP contribution is 2.59. The highest BCUT2D eigenvalue weighted by atomic mass is 35.5. The van der Waals surface area contributed by atoms with Gasteiger partial charge in [-0.1, -0.05) is 59.1 Å². The third-order valence-corrected chi connectivity index (χ3v) is 8.89. The minimum atomic E-state index is -1.31. The number of nitrogens with one attached hydrogen (secondary N) is 2. The van der Waals surface area contributed by atoms with Crippen molar-refractivity contribution in [3.8, 4) is 5.75 Å².